The number of esters is 3. The van der Waals surface area contributed by atoms with E-state index < -0.39 is 76.2 Å². The van der Waals surface area contributed by atoms with Gasteiger partial charge in [0.2, 0.25) is 11.8 Å². The van der Waals surface area contributed by atoms with Crippen molar-refractivity contribution in [3.05, 3.63) is 70.8 Å². The summed E-state index contributed by atoms with van der Waals surface area (Å²) in [6.07, 6.45) is -0.853. The molecule has 2 aromatic rings. The Balaban J connectivity index is 1.93. The van der Waals surface area contributed by atoms with E-state index in [-0.39, 0.29) is 44.0 Å². The van der Waals surface area contributed by atoms with Crippen molar-refractivity contribution in [1.29, 1.82) is 0 Å². The molecule has 1 aliphatic heterocycles. The Morgan fingerprint density at radius 3 is 2.32 bits per heavy atom. The van der Waals surface area contributed by atoms with E-state index in [1.807, 2.05) is 13.8 Å². The lowest BCUT2D eigenvalue weighted by Gasteiger charge is -2.31. The van der Waals surface area contributed by atoms with E-state index in [4.69, 9.17) is 47.9 Å². The van der Waals surface area contributed by atoms with Crippen LogP contribution in [-0.4, -0.2) is 79.4 Å². The quantitative estimate of drug-likeness (QED) is 0.0951. The summed E-state index contributed by atoms with van der Waals surface area (Å²) in [6, 6.07) is 10.2. The number of nitrogens with two attached hydrogens (primary N) is 1. The smallest absolute Gasteiger partial charge is 0.348 e. The van der Waals surface area contributed by atoms with Crippen LogP contribution in [0.5, 0.6) is 11.5 Å². The predicted molar refractivity (Wildman–Crippen MR) is 212 cm³/mol. The lowest BCUT2D eigenvalue weighted by atomic mass is 9.91. The molecule has 2 aromatic carbocycles. The Kier molecular flexibility index (Phi) is 16.8. The number of alkyl halides is 1. The van der Waals surface area contributed by atoms with E-state index in [0.29, 0.717) is 21.9 Å². The summed E-state index contributed by atoms with van der Waals surface area (Å²) in [7, 11) is 1.48. The number of benzene rings is 2. The van der Waals surface area contributed by atoms with Crippen molar-refractivity contribution < 1.29 is 48.0 Å². The third-order valence-corrected chi connectivity index (χ3v) is 10.3. The third kappa shape index (κ3) is 12.9. The molecule has 0 saturated carbocycles. The minimum absolute atomic E-state index is 0.0714. The van der Waals surface area contributed by atoms with Crippen LogP contribution in [0.4, 0.5) is 0 Å². The van der Waals surface area contributed by atoms with Gasteiger partial charge >= 0.3 is 17.9 Å². The van der Waals surface area contributed by atoms with Gasteiger partial charge in [0, 0.05) is 31.8 Å². The van der Waals surface area contributed by atoms with Gasteiger partial charge in [-0.15, -0.1) is 11.6 Å². The van der Waals surface area contributed by atoms with Crippen LogP contribution in [0.25, 0.3) is 0 Å². The number of carbonyl (C=O) groups excluding carboxylic acids is 5. The lowest BCUT2D eigenvalue weighted by Crippen LogP contribution is -2.51. The highest BCUT2D eigenvalue weighted by Gasteiger charge is 2.38. The van der Waals surface area contributed by atoms with Gasteiger partial charge in [0.05, 0.1) is 34.4 Å². The first-order chi connectivity index (χ1) is 26.2. The molecule has 0 radical (unpaired) electrons. The van der Waals surface area contributed by atoms with Crippen molar-refractivity contribution in [3.8, 4) is 11.5 Å². The maximum atomic E-state index is 13.7. The standard InChI is InChI=1S/C41H55Cl2N3O10/c1-23(2)18-32-37(50)55-30(24(3)35(48)34(43)26-13-15-27(16-14-26)54-38(51)40(4,5)21-44)10-9-11-33(47)46-29(20-25-12-17-31(53-8)28(42)19-25)36(49)45-22-41(6,7)39(52)56-32/h9-10,12-17,19,23-24,29-30,32,34-35,48H,11,18,20-22,44H2,1-8H3,(H,45,49)(H,46,47)/t24-,29+,30-,32-,34-,35+/m0/s1. The normalized spacial score (nSPS) is 21.6. The minimum atomic E-state index is -1.31. The van der Waals surface area contributed by atoms with Gasteiger partial charge in [-0.2, -0.15) is 0 Å². The molecule has 0 bridgehead atoms. The summed E-state index contributed by atoms with van der Waals surface area (Å²) >= 11 is 13.1. The molecule has 0 fully saturated rings. The molecule has 308 valence electrons. The second-order valence-corrected chi connectivity index (χ2v) is 16.6. The summed E-state index contributed by atoms with van der Waals surface area (Å²) < 4.78 is 22.4. The summed E-state index contributed by atoms with van der Waals surface area (Å²) in [5.41, 5.74) is 4.64. The molecule has 3 rings (SSSR count). The second-order valence-electron chi connectivity index (χ2n) is 15.8. The van der Waals surface area contributed by atoms with Gasteiger partial charge in [0.1, 0.15) is 23.6 Å². The molecule has 0 saturated heterocycles. The molecule has 1 aliphatic rings. The maximum Gasteiger partial charge on any atom is 0.348 e. The first-order valence-electron chi connectivity index (χ1n) is 18.5. The minimum Gasteiger partial charge on any atom is -0.495 e. The fourth-order valence-corrected chi connectivity index (χ4v) is 6.15. The first-order valence-corrected chi connectivity index (χ1v) is 19.3. The van der Waals surface area contributed by atoms with Crippen molar-refractivity contribution in [2.24, 2.45) is 28.4 Å². The highest BCUT2D eigenvalue weighted by molar-refractivity contribution is 6.32. The number of cyclic esters (lactones) is 2. The van der Waals surface area contributed by atoms with Crippen molar-refractivity contribution in [2.45, 2.75) is 97.5 Å². The maximum absolute atomic E-state index is 13.7. The van der Waals surface area contributed by atoms with Crippen LogP contribution in [0.2, 0.25) is 5.02 Å². The topological polar surface area (TPSA) is 193 Å². The number of rotatable bonds is 12. The molecule has 2 amide bonds. The van der Waals surface area contributed by atoms with Crippen LogP contribution in [0, 0.1) is 22.7 Å². The number of nitrogens with one attached hydrogen (secondary N) is 2. The van der Waals surface area contributed by atoms with Crippen LogP contribution in [0.3, 0.4) is 0 Å². The number of aliphatic hydroxyl groups is 1. The zero-order valence-electron chi connectivity index (χ0n) is 33.2. The molecule has 56 heavy (non-hydrogen) atoms. The Morgan fingerprint density at radius 1 is 1.07 bits per heavy atom. The molecule has 0 aliphatic carbocycles. The zero-order chi connectivity index (χ0) is 42.0. The van der Waals surface area contributed by atoms with E-state index >= 15 is 0 Å². The number of ether oxygens (including phenoxy) is 4. The molecule has 6 atom stereocenters. The van der Waals surface area contributed by atoms with Crippen LogP contribution >= 0.6 is 23.2 Å². The second kappa shape index (κ2) is 20.3. The van der Waals surface area contributed by atoms with Gasteiger partial charge in [0.25, 0.3) is 0 Å². The van der Waals surface area contributed by atoms with Gasteiger partial charge in [0.15, 0.2) is 6.10 Å². The van der Waals surface area contributed by atoms with Crippen molar-refractivity contribution in [3.63, 3.8) is 0 Å². The van der Waals surface area contributed by atoms with Crippen LogP contribution < -0.4 is 25.8 Å². The molecular weight excluding hydrogens is 765 g/mol. The summed E-state index contributed by atoms with van der Waals surface area (Å²) in [4.78, 5) is 66.6. The van der Waals surface area contributed by atoms with Crippen LogP contribution in [-0.2, 0) is 39.9 Å². The molecule has 13 nitrogen and oxygen atoms in total. The van der Waals surface area contributed by atoms with Gasteiger partial charge in [-0.05, 0) is 81.5 Å². The van der Waals surface area contributed by atoms with E-state index in [2.05, 4.69) is 10.6 Å². The third-order valence-electron chi connectivity index (χ3n) is 9.47. The van der Waals surface area contributed by atoms with E-state index in [9.17, 15) is 29.1 Å². The number of halogens is 2. The molecular formula is C41H55Cl2N3O10. The van der Waals surface area contributed by atoms with Crippen molar-refractivity contribution >= 4 is 52.9 Å². The van der Waals surface area contributed by atoms with Crippen molar-refractivity contribution in [2.75, 3.05) is 20.2 Å². The largest absolute Gasteiger partial charge is 0.495 e. The summed E-state index contributed by atoms with van der Waals surface area (Å²) in [6.45, 7) is 11.7. The zero-order valence-corrected chi connectivity index (χ0v) is 34.7. The molecule has 15 heteroatoms. The highest BCUT2D eigenvalue weighted by Crippen LogP contribution is 2.33. The molecule has 1 heterocycles. The van der Waals surface area contributed by atoms with E-state index in [1.54, 1.807) is 77.1 Å². The number of amides is 2. The number of hydrogen-bond acceptors (Lipinski definition) is 11. The fraction of sp³-hybridized carbons (Fsp3) is 0.537. The Labute approximate surface area is 338 Å². The van der Waals surface area contributed by atoms with Gasteiger partial charge < -0.3 is 40.4 Å². The fourth-order valence-electron chi connectivity index (χ4n) is 5.50. The summed E-state index contributed by atoms with van der Waals surface area (Å²) in [5.74, 6) is -3.41. The highest BCUT2D eigenvalue weighted by atomic mass is 35.5. The number of carbonyl (C=O) groups is 5. The molecule has 0 unspecified atom stereocenters. The SMILES string of the molecule is COc1ccc(C[C@H]2NC(=O)CC=C[C@@H]([C@H](C)[C@@H](O)[C@@H](Cl)c3ccc(OC(=O)C(C)(C)CN)cc3)OC(=O)[C@H](CC(C)C)OC(=O)C(C)(C)CNC2=O)cc1Cl. The first kappa shape index (κ1) is 46.2. The lowest BCUT2D eigenvalue weighted by molar-refractivity contribution is -0.178. The average molecular weight is 821 g/mol. The van der Waals surface area contributed by atoms with E-state index in [0.717, 1.165) is 0 Å². The molecule has 0 spiro atoms. The Hall–Kier alpha value is -4.17. The number of aliphatic hydroxyl groups excluding tert-OH is 1. The number of hydrogen-bond donors (Lipinski definition) is 4. The Morgan fingerprint density at radius 2 is 1.73 bits per heavy atom. The molecule has 0 aromatic heterocycles. The monoisotopic (exact) mass is 819 g/mol. The van der Waals surface area contributed by atoms with E-state index in [1.165, 1.54) is 19.3 Å². The average Bonchev–Trinajstić information content (AvgIpc) is 3.14. The predicted octanol–water partition coefficient (Wildman–Crippen LogP) is 5.22. The van der Waals surface area contributed by atoms with Crippen molar-refractivity contribution in [1.82, 2.24) is 10.6 Å². The van der Waals surface area contributed by atoms with Gasteiger partial charge in [-0.25, -0.2) is 4.79 Å². The van der Waals surface area contributed by atoms with Gasteiger partial charge in [-0.3, -0.25) is 19.2 Å². The Bertz CT molecular complexity index is 1730. The summed E-state index contributed by atoms with van der Waals surface area (Å²) in [5, 5.41) is 16.3. The van der Waals surface area contributed by atoms with Gasteiger partial charge in [-0.1, -0.05) is 56.6 Å². The number of methoxy groups -OCH3 is 1. The molecule has 5 N–H and O–H groups in total. The van der Waals surface area contributed by atoms with Crippen LogP contribution in [0.15, 0.2) is 54.6 Å². The van der Waals surface area contributed by atoms with Crippen LogP contribution in [0.1, 0.15) is 77.8 Å².